The summed E-state index contributed by atoms with van der Waals surface area (Å²) in [7, 11) is 0. The second-order valence-corrected chi connectivity index (χ2v) is 3.53. The average molecular weight is 180 g/mol. The van der Waals surface area contributed by atoms with Crippen molar-refractivity contribution < 1.29 is 4.39 Å². The number of nitrogens with zero attached hydrogens (tertiary/aromatic N) is 1. The van der Waals surface area contributed by atoms with E-state index < -0.39 is 0 Å². The lowest BCUT2D eigenvalue weighted by atomic mass is 10.1. The topological polar surface area (TPSA) is 24.9 Å². The quantitative estimate of drug-likeness (QED) is 0.668. The first kappa shape index (κ1) is 8.63. The van der Waals surface area contributed by atoms with Crippen molar-refractivity contribution in [2.24, 2.45) is 0 Å². The number of aromatic nitrogens is 1. The molecule has 0 saturated carbocycles. The maximum absolute atomic E-state index is 12.9. The molecular weight excluding hydrogens is 167 g/mol. The molecule has 1 aliphatic heterocycles. The first-order valence-corrected chi connectivity index (χ1v) is 4.63. The molecule has 0 bridgehead atoms. The molecule has 1 N–H and O–H groups in total. The number of nitrogens with one attached hydrogen (secondary N) is 1. The van der Waals surface area contributed by atoms with Crippen molar-refractivity contribution in [2.75, 3.05) is 6.54 Å². The van der Waals surface area contributed by atoms with Gasteiger partial charge in [0.1, 0.15) is 0 Å². The second-order valence-electron chi connectivity index (χ2n) is 3.53. The highest BCUT2D eigenvalue weighted by Gasteiger charge is 2.16. The van der Waals surface area contributed by atoms with E-state index in [2.05, 4.69) is 10.3 Å². The molecule has 1 aromatic heterocycles. The van der Waals surface area contributed by atoms with Gasteiger partial charge in [0, 0.05) is 17.8 Å². The summed E-state index contributed by atoms with van der Waals surface area (Å²) < 4.78 is 12.9. The number of aryl methyl sites for hydroxylation is 1. The van der Waals surface area contributed by atoms with Gasteiger partial charge in [0.25, 0.3) is 0 Å². The molecule has 1 fully saturated rings. The zero-order chi connectivity index (χ0) is 9.26. The van der Waals surface area contributed by atoms with Gasteiger partial charge in [0.15, 0.2) is 0 Å². The van der Waals surface area contributed by atoms with E-state index in [0.29, 0.717) is 11.6 Å². The van der Waals surface area contributed by atoms with Crippen LogP contribution in [0.1, 0.15) is 30.0 Å². The van der Waals surface area contributed by atoms with E-state index in [1.165, 1.54) is 6.42 Å². The Labute approximate surface area is 77.2 Å². The van der Waals surface area contributed by atoms with Crippen molar-refractivity contribution in [1.29, 1.82) is 0 Å². The molecule has 1 saturated heterocycles. The van der Waals surface area contributed by atoms with E-state index in [0.717, 1.165) is 18.5 Å². The third kappa shape index (κ3) is 1.70. The average Bonchev–Trinajstić information content (AvgIpc) is 2.62. The monoisotopic (exact) mass is 180 g/mol. The summed E-state index contributed by atoms with van der Waals surface area (Å²) in [6, 6.07) is 2.26. The van der Waals surface area contributed by atoms with E-state index in [1.54, 1.807) is 13.1 Å². The molecule has 1 aliphatic rings. The predicted octanol–water partition coefficient (Wildman–Crippen LogP) is 1.95. The van der Waals surface area contributed by atoms with Gasteiger partial charge in [-0.1, -0.05) is 0 Å². The summed E-state index contributed by atoms with van der Waals surface area (Å²) in [6.07, 6.45) is 3.96. The highest BCUT2D eigenvalue weighted by molar-refractivity contribution is 5.21. The van der Waals surface area contributed by atoms with Crippen LogP contribution in [0.15, 0.2) is 12.3 Å². The van der Waals surface area contributed by atoms with Crippen molar-refractivity contribution in [2.45, 2.75) is 25.8 Å². The van der Waals surface area contributed by atoms with Gasteiger partial charge in [-0.05, 0) is 37.9 Å². The number of rotatable bonds is 1. The van der Waals surface area contributed by atoms with Crippen LogP contribution < -0.4 is 5.32 Å². The number of halogens is 1. The lowest BCUT2D eigenvalue weighted by molar-refractivity contribution is 0.566. The molecule has 2 heterocycles. The zero-order valence-corrected chi connectivity index (χ0v) is 7.68. The first-order chi connectivity index (χ1) is 6.27. The molecule has 2 nitrogen and oxygen atoms in total. The molecule has 70 valence electrons. The van der Waals surface area contributed by atoms with E-state index in [1.807, 2.05) is 6.07 Å². The van der Waals surface area contributed by atoms with Crippen molar-refractivity contribution in [1.82, 2.24) is 10.3 Å². The lowest BCUT2D eigenvalue weighted by Crippen LogP contribution is -2.13. The Bertz CT molecular complexity index is 306. The van der Waals surface area contributed by atoms with Crippen LogP contribution in [0.3, 0.4) is 0 Å². The van der Waals surface area contributed by atoms with Crippen LogP contribution in [0.4, 0.5) is 4.39 Å². The molecule has 1 aromatic rings. The molecule has 3 heteroatoms. The summed E-state index contributed by atoms with van der Waals surface area (Å²) in [5.74, 6) is -0.359. The van der Waals surface area contributed by atoms with Gasteiger partial charge < -0.3 is 5.32 Å². The lowest BCUT2D eigenvalue weighted by Gasteiger charge is -2.10. The second kappa shape index (κ2) is 3.42. The zero-order valence-electron chi connectivity index (χ0n) is 7.68. The summed E-state index contributed by atoms with van der Waals surface area (Å²) in [6.45, 7) is 2.81. The normalized spacial score (nSPS) is 22.2. The summed E-state index contributed by atoms with van der Waals surface area (Å²) in [4.78, 5) is 3.72. The smallest absolute Gasteiger partial charge is 0.215 e. The van der Waals surface area contributed by atoms with Crippen LogP contribution >= 0.6 is 0 Å². The molecule has 13 heavy (non-hydrogen) atoms. The fourth-order valence-electron chi connectivity index (χ4n) is 1.74. The minimum absolute atomic E-state index is 0.359. The van der Waals surface area contributed by atoms with Crippen LogP contribution in [0.2, 0.25) is 0 Å². The summed E-state index contributed by atoms with van der Waals surface area (Å²) in [5.41, 5.74) is 1.74. The van der Waals surface area contributed by atoms with Crippen LogP contribution in [0.5, 0.6) is 0 Å². The molecule has 0 aromatic carbocycles. The van der Waals surface area contributed by atoms with E-state index in [4.69, 9.17) is 0 Å². The Morgan fingerprint density at radius 3 is 3.08 bits per heavy atom. The maximum atomic E-state index is 12.9. The Balaban J connectivity index is 2.25. The molecule has 0 amide bonds. The van der Waals surface area contributed by atoms with Gasteiger partial charge in [-0.25, -0.2) is 4.98 Å². The first-order valence-electron chi connectivity index (χ1n) is 4.63. The molecule has 0 spiro atoms. The van der Waals surface area contributed by atoms with E-state index in [9.17, 15) is 4.39 Å². The van der Waals surface area contributed by atoms with Crippen LogP contribution in [0.25, 0.3) is 0 Å². The highest BCUT2D eigenvalue weighted by Crippen LogP contribution is 2.23. The predicted molar refractivity (Wildman–Crippen MR) is 48.9 cm³/mol. The van der Waals surface area contributed by atoms with E-state index in [-0.39, 0.29) is 5.95 Å². The number of hydrogen-bond donors (Lipinski definition) is 1. The van der Waals surface area contributed by atoms with Crippen molar-refractivity contribution in [3.05, 3.63) is 29.3 Å². The van der Waals surface area contributed by atoms with E-state index >= 15 is 0 Å². The fraction of sp³-hybridized carbons (Fsp3) is 0.500. The van der Waals surface area contributed by atoms with Crippen LogP contribution in [0, 0.1) is 12.9 Å². The summed E-state index contributed by atoms with van der Waals surface area (Å²) >= 11 is 0. The van der Waals surface area contributed by atoms with Gasteiger partial charge >= 0.3 is 0 Å². The highest BCUT2D eigenvalue weighted by atomic mass is 19.1. The molecular formula is C10H13FN2. The molecule has 0 radical (unpaired) electrons. The minimum Gasteiger partial charge on any atom is -0.310 e. The number of pyridine rings is 1. The fourth-order valence-corrected chi connectivity index (χ4v) is 1.74. The van der Waals surface area contributed by atoms with Crippen LogP contribution in [-0.4, -0.2) is 11.5 Å². The SMILES string of the molecule is Cc1cc([C@H]2CCCN2)cnc1F. The maximum Gasteiger partial charge on any atom is 0.215 e. The Kier molecular flexibility index (Phi) is 2.27. The van der Waals surface area contributed by atoms with Gasteiger partial charge in [-0.15, -0.1) is 0 Å². The van der Waals surface area contributed by atoms with Gasteiger partial charge in [0.2, 0.25) is 5.95 Å². The number of hydrogen-bond acceptors (Lipinski definition) is 2. The van der Waals surface area contributed by atoms with Crippen molar-refractivity contribution in [3.63, 3.8) is 0 Å². The van der Waals surface area contributed by atoms with Gasteiger partial charge in [-0.3, -0.25) is 0 Å². The Morgan fingerprint density at radius 2 is 2.46 bits per heavy atom. The molecule has 2 rings (SSSR count). The Morgan fingerprint density at radius 1 is 1.62 bits per heavy atom. The van der Waals surface area contributed by atoms with Crippen molar-refractivity contribution >= 4 is 0 Å². The largest absolute Gasteiger partial charge is 0.310 e. The van der Waals surface area contributed by atoms with Crippen molar-refractivity contribution in [3.8, 4) is 0 Å². The third-order valence-electron chi connectivity index (χ3n) is 2.50. The van der Waals surface area contributed by atoms with Gasteiger partial charge in [-0.2, -0.15) is 4.39 Å². The molecule has 0 unspecified atom stereocenters. The molecule has 1 atom stereocenters. The van der Waals surface area contributed by atoms with Gasteiger partial charge in [0.05, 0.1) is 0 Å². The Hall–Kier alpha value is -0.960. The summed E-state index contributed by atoms with van der Waals surface area (Å²) in [5, 5.41) is 3.36. The third-order valence-corrected chi connectivity index (χ3v) is 2.50. The minimum atomic E-state index is -0.359. The molecule has 0 aliphatic carbocycles. The van der Waals surface area contributed by atoms with Crippen LogP contribution in [-0.2, 0) is 0 Å². The standard InChI is InChI=1S/C10H13FN2/c1-7-5-8(6-13-10(7)11)9-3-2-4-12-9/h5-6,9,12H,2-4H2,1H3/t9-/m1/s1.